The van der Waals surface area contributed by atoms with E-state index < -0.39 is 0 Å². The van der Waals surface area contributed by atoms with Gasteiger partial charge in [0.15, 0.2) is 5.65 Å². The predicted molar refractivity (Wildman–Crippen MR) is 89.1 cm³/mol. The molecule has 0 unspecified atom stereocenters. The average molecular weight is 348 g/mol. The Morgan fingerprint density at radius 1 is 1.17 bits per heavy atom. The third kappa shape index (κ3) is 2.92. The Bertz CT molecular complexity index is 861. The van der Waals surface area contributed by atoms with Crippen LogP contribution >= 0.6 is 11.6 Å². The number of benzene rings is 1. The van der Waals surface area contributed by atoms with Gasteiger partial charge in [-0.3, -0.25) is 0 Å². The summed E-state index contributed by atoms with van der Waals surface area (Å²) >= 11 is 6.10. The van der Waals surface area contributed by atoms with E-state index in [2.05, 4.69) is 20.4 Å². The Morgan fingerprint density at radius 3 is 2.67 bits per heavy atom. The smallest absolute Gasteiger partial charge is 0.226 e. The lowest BCUT2D eigenvalue weighted by atomic mass is 10.1. The van der Waals surface area contributed by atoms with Crippen LogP contribution in [-0.2, 0) is 4.74 Å². The van der Waals surface area contributed by atoms with Crippen molar-refractivity contribution in [2.45, 2.75) is 18.9 Å². The number of hydrogen-bond acceptors (Lipinski definition) is 5. The number of hydrogen-bond donors (Lipinski definition) is 1. The highest BCUT2D eigenvalue weighted by molar-refractivity contribution is 6.28. The first kappa shape index (κ1) is 15.3. The van der Waals surface area contributed by atoms with Crippen LogP contribution in [-0.4, -0.2) is 33.0 Å². The van der Waals surface area contributed by atoms with E-state index in [0.29, 0.717) is 30.4 Å². The zero-order valence-electron chi connectivity index (χ0n) is 12.7. The summed E-state index contributed by atoms with van der Waals surface area (Å²) in [5, 5.41) is 8.54. The molecule has 1 aliphatic rings. The number of fused-ring (bicyclic) bond motifs is 1. The number of anilines is 2. The maximum absolute atomic E-state index is 13.1. The molecule has 24 heavy (non-hydrogen) atoms. The van der Waals surface area contributed by atoms with E-state index in [9.17, 15) is 4.39 Å². The molecule has 0 radical (unpaired) electrons. The van der Waals surface area contributed by atoms with E-state index in [-0.39, 0.29) is 17.1 Å². The molecule has 8 heteroatoms. The van der Waals surface area contributed by atoms with Gasteiger partial charge in [0.05, 0.1) is 17.6 Å². The summed E-state index contributed by atoms with van der Waals surface area (Å²) in [7, 11) is 0. The minimum atomic E-state index is -0.293. The lowest BCUT2D eigenvalue weighted by Gasteiger charge is -2.22. The van der Waals surface area contributed by atoms with Gasteiger partial charge in [-0.2, -0.15) is 15.1 Å². The molecule has 0 aliphatic carbocycles. The van der Waals surface area contributed by atoms with Crippen molar-refractivity contribution in [2.24, 2.45) is 0 Å². The molecule has 1 N–H and O–H groups in total. The fourth-order valence-electron chi connectivity index (χ4n) is 2.86. The topological polar surface area (TPSA) is 64.9 Å². The van der Waals surface area contributed by atoms with Gasteiger partial charge in [-0.05, 0) is 48.7 Å². The van der Waals surface area contributed by atoms with Crippen molar-refractivity contribution in [3.8, 4) is 0 Å². The molecule has 1 aromatic carbocycles. The van der Waals surface area contributed by atoms with E-state index >= 15 is 0 Å². The molecule has 0 saturated carbocycles. The molecular weight excluding hydrogens is 333 g/mol. The minimum Gasteiger partial charge on any atom is -0.381 e. The van der Waals surface area contributed by atoms with E-state index in [1.54, 1.807) is 18.3 Å². The van der Waals surface area contributed by atoms with Gasteiger partial charge in [-0.1, -0.05) is 0 Å². The maximum atomic E-state index is 13.1. The third-order valence-corrected chi connectivity index (χ3v) is 4.24. The van der Waals surface area contributed by atoms with Crippen LogP contribution in [0.5, 0.6) is 0 Å². The van der Waals surface area contributed by atoms with E-state index in [1.165, 1.54) is 12.1 Å². The first-order valence-corrected chi connectivity index (χ1v) is 8.09. The van der Waals surface area contributed by atoms with E-state index in [0.717, 1.165) is 18.2 Å². The number of nitrogens with one attached hydrogen (secondary N) is 1. The summed E-state index contributed by atoms with van der Waals surface area (Å²) in [5.74, 6) is 0.258. The Morgan fingerprint density at radius 2 is 1.92 bits per heavy atom. The third-order valence-electron chi connectivity index (χ3n) is 4.07. The zero-order chi connectivity index (χ0) is 16.5. The quantitative estimate of drug-likeness (QED) is 0.732. The zero-order valence-corrected chi connectivity index (χ0v) is 13.5. The largest absolute Gasteiger partial charge is 0.381 e. The van der Waals surface area contributed by atoms with E-state index in [4.69, 9.17) is 16.3 Å². The Labute approximate surface area is 142 Å². The number of ether oxygens (including phenoxy) is 1. The normalized spacial score (nSPS) is 15.8. The van der Waals surface area contributed by atoms with Gasteiger partial charge in [0.25, 0.3) is 0 Å². The Kier molecular flexibility index (Phi) is 4.03. The Hall–Kier alpha value is -2.25. The molecule has 0 atom stereocenters. The van der Waals surface area contributed by atoms with Crippen molar-refractivity contribution < 1.29 is 9.13 Å². The molecule has 1 aliphatic heterocycles. The van der Waals surface area contributed by atoms with Crippen molar-refractivity contribution in [1.29, 1.82) is 0 Å². The first-order chi connectivity index (χ1) is 11.7. The standard InChI is InChI=1S/C16H15ClFN5O/c17-16-21-14(20-11-3-1-10(18)2-4-11)13-9-19-23(15(13)22-16)12-5-7-24-8-6-12/h1-4,9,12H,5-8H2,(H,20,21,22). The number of halogens is 2. The van der Waals surface area contributed by atoms with Gasteiger partial charge in [-0.25, -0.2) is 9.07 Å². The molecule has 6 nitrogen and oxygen atoms in total. The lowest BCUT2D eigenvalue weighted by molar-refractivity contribution is 0.0673. The van der Waals surface area contributed by atoms with Gasteiger partial charge in [0.2, 0.25) is 5.28 Å². The van der Waals surface area contributed by atoms with Crippen LogP contribution in [0.2, 0.25) is 5.28 Å². The van der Waals surface area contributed by atoms with Gasteiger partial charge in [-0.15, -0.1) is 0 Å². The maximum Gasteiger partial charge on any atom is 0.226 e. The molecule has 0 bridgehead atoms. The van der Waals surface area contributed by atoms with Crippen LogP contribution in [0.1, 0.15) is 18.9 Å². The predicted octanol–water partition coefficient (Wildman–Crippen LogP) is 3.71. The fourth-order valence-corrected chi connectivity index (χ4v) is 3.03. The second-order valence-corrected chi connectivity index (χ2v) is 5.98. The first-order valence-electron chi connectivity index (χ1n) is 7.72. The van der Waals surface area contributed by atoms with Gasteiger partial charge >= 0.3 is 0 Å². The molecule has 1 saturated heterocycles. The van der Waals surface area contributed by atoms with Crippen LogP contribution < -0.4 is 5.32 Å². The summed E-state index contributed by atoms with van der Waals surface area (Å²) in [6, 6.07) is 6.28. The summed E-state index contributed by atoms with van der Waals surface area (Å²) < 4.78 is 20.3. The van der Waals surface area contributed by atoms with Crippen molar-refractivity contribution in [3.63, 3.8) is 0 Å². The highest BCUT2D eigenvalue weighted by Gasteiger charge is 2.21. The number of nitrogens with zero attached hydrogens (tertiary/aromatic N) is 4. The van der Waals surface area contributed by atoms with Crippen LogP contribution in [0, 0.1) is 5.82 Å². The van der Waals surface area contributed by atoms with Gasteiger partial charge in [0, 0.05) is 18.9 Å². The second-order valence-electron chi connectivity index (χ2n) is 5.64. The van der Waals surface area contributed by atoms with Crippen LogP contribution in [0.15, 0.2) is 30.5 Å². The molecule has 0 amide bonds. The molecule has 1 fully saturated rings. The van der Waals surface area contributed by atoms with Gasteiger partial charge < -0.3 is 10.1 Å². The molecule has 124 valence electrons. The summed E-state index contributed by atoms with van der Waals surface area (Å²) in [6.07, 6.45) is 3.51. The van der Waals surface area contributed by atoms with Crippen LogP contribution in [0.4, 0.5) is 15.9 Å². The number of rotatable bonds is 3. The monoisotopic (exact) mass is 347 g/mol. The lowest BCUT2D eigenvalue weighted by Crippen LogP contribution is -2.20. The Balaban J connectivity index is 1.73. The van der Waals surface area contributed by atoms with Gasteiger partial charge in [0.1, 0.15) is 11.6 Å². The fraction of sp³-hybridized carbons (Fsp3) is 0.312. The summed E-state index contributed by atoms with van der Waals surface area (Å²) in [5.41, 5.74) is 1.40. The second kappa shape index (κ2) is 6.33. The molecular formula is C16H15ClFN5O. The summed E-state index contributed by atoms with van der Waals surface area (Å²) in [4.78, 5) is 8.59. The molecule has 2 aromatic heterocycles. The highest BCUT2D eigenvalue weighted by atomic mass is 35.5. The number of aromatic nitrogens is 4. The average Bonchev–Trinajstić information content (AvgIpc) is 3.01. The SMILES string of the molecule is Fc1ccc(Nc2nc(Cl)nc3c2cnn3C2CCOCC2)cc1. The molecule has 3 heterocycles. The molecule has 0 spiro atoms. The highest BCUT2D eigenvalue weighted by Crippen LogP contribution is 2.29. The van der Waals surface area contributed by atoms with Crippen LogP contribution in [0.25, 0.3) is 11.0 Å². The molecule has 3 aromatic rings. The molecule has 4 rings (SSSR count). The van der Waals surface area contributed by atoms with E-state index in [1.807, 2.05) is 4.68 Å². The van der Waals surface area contributed by atoms with Crippen molar-refractivity contribution >= 4 is 34.1 Å². The van der Waals surface area contributed by atoms with Crippen molar-refractivity contribution in [2.75, 3.05) is 18.5 Å². The van der Waals surface area contributed by atoms with Crippen molar-refractivity contribution in [1.82, 2.24) is 19.7 Å². The van der Waals surface area contributed by atoms with Crippen molar-refractivity contribution in [3.05, 3.63) is 41.6 Å². The minimum absolute atomic E-state index is 0.140. The summed E-state index contributed by atoms with van der Waals surface area (Å²) in [6.45, 7) is 1.43. The van der Waals surface area contributed by atoms with Crippen LogP contribution in [0.3, 0.4) is 0 Å².